The molecule has 38 heavy (non-hydrogen) atoms. The van der Waals surface area contributed by atoms with Gasteiger partial charge in [0, 0.05) is 44.4 Å². The van der Waals surface area contributed by atoms with E-state index in [2.05, 4.69) is 26.6 Å². The zero-order valence-corrected chi connectivity index (χ0v) is 23.5. The van der Waals surface area contributed by atoms with Gasteiger partial charge >= 0.3 is 5.97 Å². The number of esters is 1. The van der Waals surface area contributed by atoms with E-state index in [9.17, 15) is 14.4 Å². The number of hydrogen-bond donors (Lipinski definition) is 2. The number of anilines is 2. The number of halogens is 3. The fraction of sp³-hybridized carbons (Fsp3) is 0.250. The van der Waals surface area contributed by atoms with Crippen LogP contribution in [0.4, 0.5) is 11.4 Å². The molecule has 2 N–H and O–H groups in total. The number of benzene rings is 3. The lowest BCUT2D eigenvalue weighted by Crippen LogP contribution is -2.45. The van der Waals surface area contributed by atoms with Crippen LogP contribution in [0.2, 0.25) is 10.0 Å². The molecular weight excluding hydrogens is 593 g/mol. The van der Waals surface area contributed by atoms with E-state index in [0.29, 0.717) is 51.9 Å². The van der Waals surface area contributed by atoms with Crippen LogP contribution < -0.4 is 10.6 Å². The molecule has 0 saturated carbocycles. The van der Waals surface area contributed by atoms with Gasteiger partial charge in [0.25, 0.3) is 11.8 Å². The Hall–Kier alpha value is -3.07. The Kier molecular flexibility index (Phi) is 7.40. The molecule has 1 unspecified atom stereocenters. The van der Waals surface area contributed by atoms with Crippen molar-refractivity contribution in [3.63, 3.8) is 0 Å². The molecule has 5 rings (SSSR count). The number of nitrogens with zero attached hydrogens (tertiary/aromatic N) is 1. The molecule has 2 atom stereocenters. The third kappa shape index (κ3) is 4.88. The van der Waals surface area contributed by atoms with Crippen molar-refractivity contribution in [3.05, 3.63) is 91.9 Å². The summed E-state index contributed by atoms with van der Waals surface area (Å²) >= 11 is 16.0. The fourth-order valence-electron chi connectivity index (χ4n) is 5.22. The number of ether oxygens (including phenoxy) is 1. The molecule has 0 bridgehead atoms. The molecule has 196 valence electrons. The highest BCUT2D eigenvalue weighted by Crippen LogP contribution is 2.43. The van der Waals surface area contributed by atoms with Gasteiger partial charge in [-0.3, -0.25) is 9.59 Å². The van der Waals surface area contributed by atoms with E-state index >= 15 is 0 Å². The summed E-state index contributed by atoms with van der Waals surface area (Å²) in [5.41, 5.74) is 1.62. The number of rotatable bonds is 6. The minimum atomic E-state index is -1.27. The number of likely N-dealkylation sites (tertiary alicyclic amines) is 1. The second-order valence-corrected chi connectivity index (χ2v) is 11.1. The average Bonchev–Trinajstić information content (AvgIpc) is 3.46. The lowest BCUT2D eigenvalue weighted by Gasteiger charge is -2.32. The Morgan fingerprint density at radius 1 is 1.13 bits per heavy atom. The first-order valence-electron chi connectivity index (χ1n) is 12.0. The highest BCUT2D eigenvalue weighted by Gasteiger charge is 2.48. The fourth-order valence-corrected chi connectivity index (χ4v) is 5.97. The minimum absolute atomic E-state index is 0.253. The maximum Gasteiger partial charge on any atom is 0.328 e. The quantitative estimate of drug-likeness (QED) is 0.330. The smallest absolute Gasteiger partial charge is 0.328 e. The number of carbonyl (C=O) groups excluding carboxylic acids is 3. The van der Waals surface area contributed by atoms with Crippen LogP contribution in [0.15, 0.2) is 65.1 Å². The Morgan fingerprint density at radius 3 is 2.68 bits per heavy atom. The monoisotopic (exact) mass is 615 g/mol. The van der Waals surface area contributed by atoms with Gasteiger partial charge in [-0.15, -0.1) is 0 Å². The minimum Gasteiger partial charge on any atom is -0.467 e. The molecule has 3 aromatic rings. The average molecular weight is 617 g/mol. The lowest BCUT2D eigenvalue weighted by atomic mass is 9.84. The zero-order valence-electron chi connectivity index (χ0n) is 20.4. The summed E-state index contributed by atoms with van der Waals surface area (Å²) < 4.78 is 5.65. The van der Waals surface area contributed by atoms with Crippen molar-refractivity contribution < 1.29 is 19.1 Å². The topological polar surface area (TPSA) is 87.7 Å². The Bertz CT molecular complexity index is 1450. The molecule has 2 amide bonds. The summed E-state index contributed by atoms with van der Waals surface area (Å²) in [6.07, 6.45) is 1.48. The van der Waals surface area contributed by atoms with Crippen molar-refractivity contribution in [3.8, 4) is 0 Å². The van der Waals surface area contributed by atoms with Crippen molar-refractivity contribution in [2.45, 2.75) is 30.8 Å². The van der Waals surface area contributed by atoms with Gasteiger partial charge in [-0.05, 0) is 60.9 Å². The van der Waals surface area contributed by atoms with Crippen LogP contribution in [0, 0.1) is 0 Å². The Balaban J connectivity index is 1.60. The molecule has 0 aromatic heterocycles. The maximum absolute atomic E-state index is 13.8. The molecule has 0 aliphatic carbocycles. The highest BCUT2D eigenvalue weighted by molar-refractivity contribution is 9.10. The second-order valence-electron chi connectivity index (χ2n) is 9.35. The van der Waals surface area contributed by atoms with Crippen LogP contribution in [0.5, 0.6) is 0 Å². The number of fused-ring (bicyclic) bond motifs is 1. The SMILES string of the molecule is COC(=O)[C@H]1CCCN1C(=O)c1ccc(Br)cc1NC1(Cc2cccc(Cl)c2)C(=O)Nc2cc(Cl)ccc21. The number of hydrogen-bond acceptors (Lipinski definition) is 5. The number of amides is 2. The van der Waals surface area contributed by atoms with Crippen molar-refractivity contribution in [1.29, 1.82) is 0 Å². The molecule has 10 heteroatoms. The van der Waals surface area contributed by atoms with Gasteiger partial charge < -0.3 is 20.3 Å². The molecule has 0 radical (unpaired) electrons. The van der Waals surface area contributed by atoms with Crippen LogP contribution in [0.3, 0.4) is 0 Å². The van der Waals surface area contributed by atoms with E-state index in [0.717, 1.165) is 10.0 Å². The Labute approximate surface area is 238 Å². The predicted octanol–water partition coefficient (Wildman–Crippen LogP) is 6.04. The van der Waals surface area contributed by atoms with Gasteiger partial charge in [0.15, 0.2) is 0 Å². The highest BCUT2D eigenvalue weighted by atomic mass is 79.9. The third-order valence-corrected chi connectivity index (χ3v) is 7.95. The van der Waals surface area contributed by atoms with Crippen molar-refractivity contribution in [2.75, 3.05) is 24.3 Å². The van der Waals surface area contributed by atoms with E-state index in [-0.39, 0.29) is 18.2 Å². The van der Waals surface area contributed by atoms with Crippen LogP contribution >= 0.6 is 39.1 Å². The Morgan fingerprint density at radius 2 is 1.92 bits per heavy atom. The van der Waals surface area contributed by atoms with Crippen LogP contribution in [-0.2, 0) is 26.3 Å². The van der Waals surface area contributed by atoms with Crippen LogP contribution in [0.25, 0.3) is 0 Å². The van der Waals surface area contributed by atoms with E-state index < -0.39 is 17.6 Å². The summed E-state index contributed by atoms with van der Waals surface area (Å²) in [4.78, 5) is 41.4. The first-order chi connectivity index (χ1) is 18.2. The van der Waals surface area contributed by atoms with Crippen molar-refractivity contribution >= 4 is 68.3 Å². The summed E-state index contributed by atoms with van der Waals surface area (Å²) in [6, 6.07) is 17.1. The van der Waals surface area contributed by atoms with Crippen LogP contribution in [0.1, 0.15) is 34.3 Å². The normalized spacial score (nSPS) is 20.2. The van der Waals surface area contributed by atoms with Gasteiger partial charge in [0.05, 0.1) is 12.7 Å². The molecule has 1 saturated heterocycles. The van der Waals surface area contributed by atoms with Gasteiger partial charge in [-0.25, -0.2) is 4.79 Å². The van der Waals surface area contributed by atoms with E-state index in [1.54, 1.807) is 42.5 Å². The number of carbonyl (C=O) groups is 3. The zero-order chi connectivity index (χ0) is 27.0. The van der Waals surface area contributed by atoms with Gasteiger partial charge in [0.2, 0.25) is 0 Å². The van der Waals surface area contributed by atoms with E-state index in [4.69, 9.17) is 27.9 Å². The number of nitrogens with one attached hydrogen (secondary N) is 2. The van der Waals surface area contributed by atoms with Gasteiger partial charge in [0.1, 0.15) is 11.6 Å². The molecule has 2 heterocycles. The molecule has 0 spiro atoms. The predicted molar refractivity (Wildman–Crippen MR) is 151 cm³/mol. The molecule has 1 fully saturated rings. The lowest BCUT2D eigenvalue weighted by molar-refractivity contribution is -0.145. The van der Waals surface area contributed by atoms with E-state index in [1.165, 1.54) is 12.0 Å². The standard InChI is InChI=1S/C28H24BrCl2N3O4/c1-38-26(36)24-6-3-11-34(24)25(35)20-9-7-17(29)13-22(20)33-28(15-16-4-2-5-18(30)12-16)21-10-8-19(31)14-23(21)32-27(28)37/h2,4-5,7-10,12-14,24,33H,3,6,11,15H2,1H3,(H,32,37)/t24-,28?/m1/s1. The van der Waals surface area contributed by atoms with Gasteiger partial charge in [-0.1, -0.05) is 57.3 Å². The molecule has 7 nitrogen and oxygen atoms in total. The summed E-state index contributed by atoms with van der Waals surface area (Å²) in [5, 5.41) is 7.41. The van der Waals surface area contributed by atoms with E-state index in [1.807, 2.05) is 18.2 Å². The first kappa shape index (κ1) is 26.5. The first-order valence-corrected chi connectivity index (χ1v) is 13.6. The van der Waals surface area contributed by atoms with Crippen molar-refractivity contribution in [1.82, 2.24) is 4.90 Å². The van der Waals surface area contributed by atoms with Gasteiger partial charge in [-0.2, -0.15) is 0 Å². The van der Waals surface area contributed by atoms with Crippen molar-refractivity contribution in [2.24, 2.45) is 0 Å². The maximum atomic E-state index is 13.8. The molecule has 2 aliphatic rings. The summed E-state index contributed by atoms with van der Waals surface area (Å²) in [7, 11) is 1.32. The molecule has 3 aromatic carbocycles. The third-order valence-electron chi connectivity index (χ3n) is 6.98. The number of methoxy groups -OCH3 is 1. The largest absolute Gasteiger partial charge is 0.467 e. The molecular formula is C28H24BrCl2N3O4. The van der Waals surface area contributed by atoms with Crippen LogP contribution in [-0.4, -0.2) is 42.4 Å². The second kappa shape index (κ2) is 10.6. The molecule has 2 aliphatic heterocycles. The summed E-state index contributed by atoms with van der Waals surface area (Å²) in [5.74, 6) is -1.05. The summed E-state index contributed by atoms with van der Waals surface area (Å²) in [6.45, 7) is 0.434.